The van der Waals surface area contributed by atoms with Crippen molar-refractivity contribution in [1.82, 2.24) is 4.98 Å². The number of carbonyl (C=O) groups excluding carboxylic acids is 2. The molecule has 1 aliphatic rings. The Labute approximate surface area is 153 Å². The van der Waals surface area contributed by atoms with Crippen LogP contribution >= 0.6 is 0 Å². The largest absolute Gasteiger partial charge is 0.465 e. The summed E-state index contributed by atoms with van der Waals surface area (Å²) < 4.78 is 4.66. The van der Waals surface area contributed by atoms with E-state index in [0.717, 1.165) is 18.9 Å². The van der Waals surface area contributed by atoms with Crippen LogP contribution in [0.4, 0.5) is 11.5 Å². The van der Waals surface area contributed by atoms with E-state index in [-0.39, 0.29) is 5.91 Å². The number of nitrogens with one attached hydrogen (secondary N) is 1. The fourth-order valence-electron chi connectivity index (χ4n) is 3.02. The minimum Gasteiger partial charge on any atom is -0.465 e. The first kappa shape index (κ1) is 17.9. The number of rotatable bonds is 4. The summed E-state index contributed by atoms with van der Waals surface area (Å²) in [4.78, 5) is 30.5. The highest BCUT2D eigenvalue weighted by molar-refractivity contribution is 6.04. The quantitative estimate of drug-likeness (QED) is 0.852. The molecule has 1 fully saturated rings. The number of methoxy groups -OCH3 is 1. The molecule has 2 heterocycles. The predicted octanol–water partition coefficient (Wildman–Crippen LogP) is 3.50. The van der Waals surface area contributed by atoms with E-state index in [4.69, 9.17) is 0 Å². The van der Waals surface area contributed by atoms with Gasteiger partial charge in [0, 0.05) is 25.0 Å². The molecule has 6 nitrogen and oxygen atoms in total. The van der Waals surface area contributed by atoms with Crippen LogP contribution < -0.4 is 10.2 Å². The molecule has 136 valence electrons. The molecule has 1 amide bonds. The standard InChI is InChI=1S/C20H23N3O3/c1-26-20(25)15-6-9-17(10-7-15)22-19(24)16-8-11-18(21-14-16)23-12-4-2-3-5-13-23/h6-11,14H,2-5,12-13H2,1H3,(H,22,24). The molecule has 3 rings (SSSR count). The Morgan fingerprint density at radius 3 is 2.19 bits per heavy atom. The van der Waals surface area contributed by atoms with E-state index < -0.39 is 5.97 Å². The maximum absolute atomic E-state index is 12.4. The van der Waals surface area contributed by atoms with Crippen molar-refractivity contribution in [3.63, 3.8) is 0 Å². The number of nitrogens with zero attached hydrogens (tertiary/aromatic N) is 2. The van der Waals surface area contributed by atoms with Crippen LogP contribution in [0, 0.1) is 0 Å². The Kier molecular flexibility index (Phi) is 5.84. The maximum atomic E-state index is 12.4. The number of anilines is 2. The van der Waals surface area contributed by atoms with Crippen molar-refractivity contribution >= 4 is 23.4 Å². The van der Waals surface area contributed by atoms with E-state index in [9.17, 15) is 9.59 Å². The molecule has 1 aromatic carbocycles. The maximum Gasteiger partial charge on any atom is 0.337 e. The third-order valence-electron chi connectivity index (χ3n) is 4.50. The SMILES string of the molecule is COC(=O)c1ccc(NC(=O)c2ccc(N3CCCCCC3)nc2)cc1. The van der Waals surface area contributed by atoms with Crippen LogP contribution in [0.5, 0.6) is 0 Å². The van der Waals surface area contributed by atoms with Crippen LogP contribution in [0.15, 0.2) is 42.6 Å². The van der Waals surface area contributed by atoms with Crippen LogP contribution in [0.25, 0.3) is 0 Å². The summed E-state index contributed by atoms with van der Waals surface area (Å²) in [6, 6.07) is 10.3. The van der Waals surface area contributed by atoms with Gasteiger partial charge in [-0.2, -0.15) is 0 Å². The molecule has 0 bridgehead atoms. The molecule has 0 unspecified atom stereocenters. The minimum absolute atomic E-state index is 0.231. The number of ether oxygens (including phenoxy) is 1. The summed E-state index contributed by atoms with van der Waals surface area (Å²) in [6.45, 7) is 2.04. The first-order chi connectivity index (χ1) is 12.7. The number of esters is 1. The van der Waals surface area contributed by atoms with Crippen LogP contribution in [0.3, 0.4) is 0 Å². The molecule has 0 spiro atoms. The van der Waals surface area contributed by atoms with E-state index >= 15 is 0 Å². The number of amides is 1. The average molecular weight is 353 g/mol. The van der Waals surface area contributed by atoms with Crippen molar-refractivity contribution < 1.29 is 14.3 Å². The molecule has 2 aromatic rings. The molecule has 6 heteroatoms. The van der Waals surface area contributed by atoms with Crippen molar-refractivity contribution in [2.75, 3.05) is 30.4 Å². The molecular weight excluding hydrogens is 330 g/mol. The topological polar surface area (TPSA) is 71.5 Å². The van der Waals surface area contributed by atoms with Gasteiger partial charge in [-0.1, -0.05) is 12.8 Å². The van der Waals surface area contributed by atoms with Gasteiger partial charge in [-0.25, -0.2) is 9.78 Å². The average Bonchev–Trinajstić information content (AvgIpc) is 2.97. The van der Waals surface area contributed by atoms with Crippen molar-refractivity contribution in [2.45, 2.75) is 25.7 Å². The highest BCUT2D eigenvalue weighted by atomic mass is 16.5. The lowest BCUT2D eigenvalue weighted by Crippen LogP contribution is -2.25. The molecule has 0 atom stereocenters. The third-order valence-corrected chi connectivity index (χ3v) is 4.50. The number of hydrogen-bond donors (Lipinski definition) is 1. The predicted molar refractivity (Wildman–Crippen MR) is 101 cm³/mol. The van der Waals surface area contributed by atoms with Crippen LogP contribution in [-0.2, 0) is 4.74 Å². The first-order valence-electron chi connectivity index (χ1n) is 8.88. The van der Waals surface area contributed by atoms with Crippen molar-refractivity contribution in [3.05, 3.63) is 53.7 Å². The molecule has 0 saturated carbocycles. The van der Waals surface area contributed by atoms with E-state index in [1.54, 1.807) is 36.5 Å². The summed E-state index contributed by atoms with van der Waals surface area (Å²) >= 11 is 0. The third kappa shape index (κ3) is 4.39. The Balaban J connectivity index is 1.63. The van der Waals surface area contributed by atoms with Crippen LogP contribution in [0.1, 0.15) is 46.4 Å². The number of benzene rings is 1. The van der Waals surface area contributed by atoms with E-state index in [1.807, 2.05) is 6.07 Å². The Morgan fingerprint density at radius 1 is 0.962 bits per heavy atom. The molecule has 1 aliphatic heterocycles. The van der Waals surface area contributed by atoms with Gasteiger partial charge in [0.05, 0.1) is 18.2 Å². The number of aromatic nitrogens is 1. The second-order valence-corrected chi connectivity index (χ2v) is 6.33. The van der Waals surface area contributed by atoms with Gasteiger partial charge in [-0.15, -0.1) is 0 Å². The van der Waals surface area contributed by atoms with Crippen LogP contribution in [0.2, 0.25) is 0 Å². The highest BCUT2D eigenvalue weighted by Gasteiger charge is 2.13. The van der Waals surface area contributed by atoms with Gasteiger partial charge in [-0.3, -0.25) is 4.79 Å². The summed E-state index contributed by atoms with van der Waals surface area (Å²) in [5, 5.41) is 2.81. The number of hydrogen-bond acceptors (Lipinski definition) is 5. The lowest BCUT2D eigenvalue weighted by Gasteiger charge is -2.21. The number of carbonyl (C=O) groups is 2. The summed E-state index contributed by atoms with van der Waals surface area (Å²) in [6.07, 6.45) is 6.52. The van der Waals surface area contributed by atoms with Crippen molar-refractivity contribution in [1.29, 1.82) is 0 Å². The fraction of sp³-hybridized carbons (Fsp3) is 0.350. The second kappa shape index (κ2) is 8.47. The monoisotopic (exact) mass is 353 g/mol. The lowest BCUT2D eigenvalue weighted by atomic mass is 10.2. The van der Waals surface area contributed by atoms with Crippen molar-refractivity contribution in [3.8, 4) is 0 Å². The molecule has 1 aromatic heterocycles. The Morgan fingerprint density at radius 2 is 1.62 bits per heavy atom. The molecule has 0 radical (unpaired) electrons. The summed E-state index contributed by atoms with van der Waals surface area (Å²) in [5.41, 5.74) is 1.55. The van der Waals surface area contributed by atoms with E-state index in [2.05, 4.69) is 19.9 Å². The molecule has 1 N–H and O–H groups in total. The molecular formula is C20H23N3O3. The zero-order valence-electron chi connectivity index (χ0n) is 14.9. The fourth-order valence-corrected chi connectivity index (χ4v) is 3.02. The minimum atomic E-state index is -0.406. The Bertz CT molecular complexity index is 749. The molecule has 26 heavy (non-hydrogen) atoms. The summed E-state index contributed by atoms with van der Waals surface area (Å²) in [5.74, 6) is 0.285. The van der Waals surface area contributed by atoms with Gasteiger partial charge in [0.15, 0.2) is 0 Å². The zero-order valence-corrected chi connectivity index (χ0v) is 14.9. The highest BCUT2D eigenvalue weighted by Crippen LogP contribution is 2.18. The second-order valence-electron chi connectivity index (χ2n) is 6.33. The van der Waals surface area contributed by atoms with Gasteiger partial charge in [0.25, 0.3) is 5.91 Å². The van der Waals surface area contributed by atoms with Crippen molar-refractivity contribution in [2.24, 2.45) is 0 Å². The Hall–Kier alpha value is -2.89. The van der Waals surface area contributed by atoms with Gasteiger partial charge in [-0.05, 0) is 49.2 Å². The van der Waals surface area contributed by atoms with Crippen LogP contribution in [-0.4, -0.2) is 37.1 Å². The summed E-state index contributed by atoms with van der Waals surface area (Å²) in [7, 11) is 1.33. The van der Waals surface area contributed by atoms with Gasteiger partial charge >= 0.3 is 5.97 Å². The van der Waals surface area contributed by atoms with E-state index in [1.165, 1.54) is 32.8 Å². The lowest BCUT2D eigenvalue weighted by molar-refractivity contribution is 0.0600. The van der Waals surface area contributed by atoms with Gasteiger partial charge in [0.1, 0.15) is 5.82 Å². The van der Waals surface area contributed by atoms with Gasteiger partial charge < -0.3 is 15.0 Å². The van der Waals surface area contributed by atoms with Gasteiger partial charge in [0.2, 0.25) is 0 Å². The molecule has 0 aliphatic carbocycles. The number of pyridine rings is 1. The molecule has 1 saturated heterocycles. The smallest absolute Gasteiger partial charge is 0.337 e. The zero-order chi connectivity index (χ0) is 18.4. The first-order valence-corrected chi connectivity index (χ1v) is 8.88. The normalized spacial score (nSPS) is 14.4. The van der Waals surface area contributed by atoms with E-state index in [0.29, 0.717) is 16.8 Å².